The van der Waals surface area contributed by atoms with E-state index in [9.17, 15) is 0 Å². The predicted octanol–water partition coefficient (Wildman–Crippen LogP) is 1.60. The molecule has 2 aromatic heterocycles. The fourth-order valence-electron chi connectivity index (χ4n) is 1.61. The highest BCUT2D eigenvalue weighted by Crippen LogP contribution is 2.09. The lowest BCUT2D eigenvalue weighted by atomic mass is 10.2. The molecule has 0 amide bonds. The quantitative estimate of drug-likeness (QED) is 0.837. The number of nitrogens with two attached hydrogens (primary N) is 1. The van der Waals surface area contributed by atoms with Crippen LogP contribution in [0, 0.1) is 0 Å². The van der Waals surface area contributed by atoms with E-state index in [2.05, 4.69) is 9.97 Å². The number of ether oxygens (including phenoxy) is 1. The molecule has 0 aliphatic rings. The van der Waals surface area contributed by atoms with Gasteiger partial charge in [-0.2, -0.15) is 0 Å². The van der Waals surface area contributed by atoms with Crippen molar-refractivity contribution in [3.05, 3.63) is 54.1 Å². The van der Waals surface area contributed by atoms with Crippen LogP contribution in [-0.4, -0.2) is 23.1 Å². The predicted molar refractivity (Wildman–Crippen MR) is 70.4 cm³/mol. The maximum absolute atomic E-state index is 5.61. The van der Waals surface area contributed by atoms with Crippen molar-refractivity contribution in [2.24, 2.45) is 5.73 Å². The van der Waals surface area contributed by atoms with Gasteiger partial charge in [0.15, 0.2) is 0 Å². The van der Waals surface area contributed by atoms with Crippen LogP contribution in [0.2, 0.25) is 0 Å². The van der Waals surface area contributed by atoms with Crippen molar-refractivity contribution in [1.82, 2.24) is 9.97 Å². The van der Waals surface area contributed by atoms with Gasteiger partial charge in [0.25, 0.3) is 0 Å². The van der Waals surface area contributed by atoms with Gasteiger partial charge in [0.2, 0.25) is 0 Å². The standard InChI is InChI=1S/C14H17N3O/c15-8-6-13-4-5-14(11-17-13)18-10-7-12-3-1-2-9-16-12/h1-5,9,11H,6-8,10,15H2. The van der Waals surface area contributed by atoms with Gasteiger partial charge in [0.1, 0.15) is 5.75 Å². The smallest absolute Gasteiger partial charge is 0.137 e. The van der Waals surface area contributed by atoms with Gasteiger partial charge in [-0.05, 0) is 30.8 Å². The molecule has 4 heteroatoms. The lowest BCUT2D eigenvalue weighted by molar-refractivity contribution is 0.319. The van der Waals surface area contributed by atoms with E-state index in [1.54, 1.807) is 12.4 Å². The Morgan fingerprint density at radius 3 is 2.56 bits per heavy atom. The van der Waals surface area contributed by atoms with Crippen LogP contribution < -0.4 is 10.5 Å². The minimum atomic E-state index is 0.606. The highest BCUT2D eigenvalue weighted by Gasteiger charge is 1.98. The highest BCUT2D eigenvalue weighted by molar-refractivity contribution is 5.20. The molecule has 4 nitrogen and oxygen atoms in total. The summed E-state index contributed by atoms with van der Waals surface area (Å²) in [5.74, 6) is 0.784. The fourth-order valence-corrected chi connectivity index (χ4v) is 1.61. The maximum atomic E-state index is 5.61. The molecule has 0 aromatic carbocycles. The normalized spacial score (nSPS) is 10.3. The molecule has 0 saturated heterocycles. The van der Waals surface area contributed by atoms with E-state index in [4.69, 9.17) is 10.5 Å². The summed E-state index contributed by atoms with van der Waals surface area (Å²) in [5, 5.41) is 0. The second-order valence-electron chi connectivity index (χ2n) is 3.94. The van der Waals surface area contributed by atoms with Crippen LogP contribution in [-0.2, 0) is 12.8 Å². The SMILES string of the molecule is NCCc1ccc(OCCc2ccccn2)cn1. The van der Waals surface area contributed by atoms with Crippen LogP contribution in [0.3, 0.4) is 0 Å². The van der Waals surface area contributed by atoms with Crippen molar-refractivity contribution in [3.63, 3.8) is 0 Å². The summed E-state index contributed by atoms with van der Waals surface area (Å²) in [5.41, 5.74) is 7.49. The van der Waals surface area contributed by atoms with E-state index >= 15 is 0 Å². The minimum absolute atomic E-state index is 0.606. The Morgan fingerprint density at radius 2 is 1.89 bits per heavy atom. The molecular weight excluding hydrogens is 226 g/mol. The van der Waals surface area contributed by atoms with Gasteiger partial charge in [0, 0.05) is 30.4 Å². The lowest BCUT2D eigenvalue weighted by Crippen LogP contribution is -2.05. The Hall–Kier alpha value is -1.94. The van der Waals surface area contributed by atoms with E-state index in [0.717, 1.165) is 30.0 Å². The zero-order valence-corrected chi connectivity index (χ0v) is 10.2. The molecule has 0 radical (unpaired) electrons. The first-order valence-corrected chi connectivity index (χ1v) is 6.06. The molecule has 2 heterocycles. The summed E-state index contributed by atoms with van der Waals surface area (Å²) in [6.07, 6.45) is 5.13. The van der Waals surface area contributed by atoms with Crippen LogP contribution in [0.1, 0.15) is 11.4 Å². The van der Waals surface area contributed by atoms with Crippen LogP contribution >= 0.6 is 0 Å². The Labute approximate surface area is 107 Å². The Balaban J connectivity index is 1.80. The number of aromatic nitrogens is 2. The number of rotatable bonds is 6. The minimum Gasteiger partial charge on any atom is -0.492 e. The third-order valence-corrected chi connectivity index (χ3v) is 2.55. The topological polar surface area (TPSA) is 61.0 Å². The molecule has 0 unspecified atom stereocenters. The Bertz CT molecular complexity index is 456. The molecule has 0 aliphatic carbocycles. The molecule has 2 N–H and O–H groups in total. The summed E-state index contributed by atoms with van der Waals surface area (Å²) in [6, 6.07) is 9.75. The first-order valence-electron chi connectivity index (χ1n) is 6.06. The number of nitrogens with zero attached hydrogens (tertiary/aromatic N) is 2. The monoisotopic (exact) mass is 243 g/mol. The average molecular weight is 243 g/mol. The zero-order valence-electron chi connectivity index (χ0n) is 10.2. The van der Waals surface area contributed by atoms with Gasteiger partial charge >= 0.3 is 0 Å². The molecule has 0 spiro atoms. The van der Waals surface area contributed by atoms with Crippen molar-refractivity contribution >= 4 is 0 Å². The highest BCUT2D eigenvalue weighted by atomic mass is 16.5. The van der Waals surface area contributed by atoms with Crippen molar-refractivity contribution in [1.29, 1.82) is 0 Å². The molecule has 0 bridgehead atoms. The van der Waals surface area contributed by atoms with E-state index in [1.165, 1.54) is 0 Å². The van der Waals surface area contributed by atoms with Gasteiger partial charge in [0.05, 0.1) is 12.8 Å². The summed E-state index contributed by atoms with van der Waals surface area (Å²) >= 11 is 0. The van der Waals surface area contributed by atoms with Gasteiger partial charge in [-0.1, -0.05) is 6.07 Å². The van der Waals surface area contributed by atoms with Crippen molar-refractivity contribution in [2.75, 3.05) is 13.2 Å². The molecule has 0 atom stereocenters. The second-order valence-corrected chi connectivity index (χ2v) is 3.94. The van der Waals surface area contributed by atoms with Crippen LogP contribution in [0.15, 0.2) is 42.7 Å². The zero-order chi connectivity index (χ0) is 12.6. The third kappa shape index (κ3) is 3.82. The average Bonchev–Trinajstić information content (AvgIpc) is 2.42. The Morgan fingerprint density at radius 1 is 1.00 bits per heavy atom. The van der Waals surface area contributed by atoms with E-state index < -0.39 is 0 Å². The molecule has 18 heavy (non-hydrogen) atoms. The lowest BCUT2D eigenvalue weighted by Gasteiger charge is -2.06. The number of hydrogen-bond acceptors (Lipinski definition) is 4. The first-order chi connectivity index (χ1) is 8.88. The van der Waals surface area contributed by atoms with Crippen molar-refractivity contribution < 1.29 is 4.74 Å². The molecule has 0 fully saturated rings. The molecule has 0 saturated carbocycles. The van der Waals surface area contributed by atoms with E-state index in [-0.39, 0.29) is 0 Å². The van der Waals surface area contributed by atoms with Gasteiger partial charge in [-0.15, -0.1) is 0 Å². The van der Waals surface area contributed by atoms with Crippen LogP contribution in [0.4, 0.5) is 0 Å². The maximum Gasteiger partial charge on any atom is 0.137 e. The van der Waals surface area contributed by atoms with Gasteiger partial charge in [-0.25, -0.2) is 0 Å². The Kier molecular flexibility index (Phi) is 4.67. The van der Waals surface area contributed by atoms with Crippen molar-refractivity contribution in [2.45, 2.75) is 12.8 Å². The van der Waals surface area contributed by atoms with E-state index in [0.29, 0.717) is 13.2 Å². The summed E-state index contributed by atoms with van der Waals surface area (Å²) in [7, 11) is 0. The first kappa shape index (κ1) is 12.5. The van der Waals surface area contributed by atoms with Gasteiger partial charge in [-0.3, -0.25) is 9.97 Å². The van der Waals surface area contributed by atoms with Crippen LogP contribution in [0.25, 0.3) is 0 Å². The molecule has 0 aliphatic heterocycles. The molecule has 2 aromatic rings. The second kappa shape index (κ2) is 6.71. The van der Waals surface area contributed by atoms with Gasteiger partial charge < -0.3 is 10.5 Å². The third-order valence-electron chi connectivity index (χ3n) is 2.55. The molecule has 2 rings (SSSR count). The largest absolute Gasteiger partial charge is 0.492 e. The molecule has 94 valence electrons. The molecular formula is C14H17N3O. The fraction of sp³-hybridized carbons (Fsp3) is 0.286. The summed E-state index contributed by atoms with van der Waals surface area (Å²) in [6.45, 7) is 1.22. The van der Waals surface area contributed by atoms with Crippen molar-refractivity contribution in [3.8, 4) is 5.75 Å². The number of hydrogen-bond donors (Lipinski definition) is 1. The van der Waals surface area contributed by atoms with Crippen LogP contribution in [0.5, 0.6) is 5.75 Å². The summed E-state index contributed by atoms with van der Waals surface area (Å²) in [4.78, 5) is 8.51. The van der Waals surface area contributed by atoms with E-state index in [1.807, 2.05) is 30.3 Å². The number of pyridine rings is 2. The summed E-state index contributed by atoms with van der Waals surface area (Å²) < 4.78 is 5.61.